The minimum atomic E-state index is 0.723. The van der Waals surface area contributed by atoms with Crippen LogP contribution in [0.5, 0.6) is 0 Å². The molecule has 1 nitrogen and oxygen atoms in total. The Hall–Kier alpha value is 0.440. The van der Waals surface area contributed by atoms with Gasteiger partial charge in [0.25, 0.3) is 0 Å². The third-order valence-corrected chi connectivity index (χ3v) is 2.87. The molecule has 0 aromatic rings. The van der Waals surface area contributed by atoms with Crippen LogP contribution in [-0.4, -0.2) is 17.9 Å². The number of nitrogens with one attached hydrogen (secondary N) is 1. The van der Waals surface area contributed by atoms with Crippen LogP contribution in [0.25, 0.3) is 0 Å². The summed E-state index contributed by atoms with van der Waals surface area (Å²) in [5.41, 5.74) is 0. The molecule has 0 aliphatic carbocycles. The Bertz CT molecular complexity index is 96.1. The van der Waals surface area contributed by atoms with E-state index in [9.17, 15) is 0 Å². The van der Waals surface area contributed by atoms with Gasteiger partial charge in [-0.3, -0.25) is 0 Å². The van der Waals surface area contributed by atoms with Gasteiger partial charge in [0.05, 0.1) is 0 Å². The van der Waals surface area contributed by atoms with Crippen LogP contribution in [0.3, 0.4) is 0 Å². The van der Waals surface area contributed by atoms with Gasteiger partial charge in [0.15, 0.2) is 0 Å². The van der Waals surface area contributed by atoms with Crippen LogP contribution in [0.2, 0.25) is 0 Å². The Morgan fingerprint density at radius 2 is 1.92 bits per heavy atom. The van der Waals surface area contributed by atoms with E-state index < -0.39 is 0 Å². The zero-order valence-corrected chi connectivity index (χ0v) is 10.7. The predicted molar refractivity (Wildman–Crippen MR) is 64.6 cm³/mol. The molecule has 0 saturated carbocycles. The van der Waals surface area contributed by atoms with Crippen LogP contribution in [0.1, 0.15) is 52.4 Å². The van der Waals surface area contributed by atoms with E-state index in [2.05, 4.69) is 35.1 Å². The van der Waals surface area contributed by atoms with E-state index in [4.69, 9.17) is 0 Å². The number of hydrogen-bond donors (Lipinski definition) is 1. The van der Waals surface area contributed by atoms with Crippen molar-refractivity contribution in [3.8, 4) is 0 Å². The van der Waals surface area contributed by atoms with E-state index in [-0.39, 0.29) is 0 Å². The molecule has 0 heterocycles. The van der Waals surface area contributed by atoms with E-state index in [1.54, 1.807) is 0 Å². The summed E-state index contributed by atoms with van der Waals surface area (Å²) in [7, 11) is 0. The van der Waals surface area contributed by atoms with Gasteiger partial charge in [0.1, 0.15) is 0 Å². The molecule has 0 saturated heterocycles. The zero-order valence-electron chi connectivity index (χ0n) is 9.11. The van der Waals surface area contributed by atoms with Crippen LogP contribution in [0, 0.1) is 0 Å². The Balaban J connectivity index is 3.17. The molecule has 1 atom stereocenters. The van der Waals surface area contributed by atoms with Crippen molar-refractivity contribution in [3.63, 3.8) is 0 Å². The fourth-order valence-corrected chi connectivity index (χ4v) is 1.99. The third kappa shape index (κ3) is 8.76. The molecule has 0 aliphatic rings. The smallest absolute Gasteiger partial charge is 0.00723 e. The van der Waals surface area contributed by atoms with Crippen LogP contribution in [0.4, 0.5) is 0 Å². The topological polar surface area (TPSA) is 12.0 Å². The van der Waals surface area contributed by atoms with E-state index >= 15 is 0 Å². The molecular weight excluding hydrogens is 226 g/mol. The van der Waals surface area contributed by atoms with Gasteiger partial charge in [0, 0.05) is 11.4 Å². The van der Waals surface area contributed by atoms with Crippen molar-refractivity contribution in [2.24, 2.45) is 0 Å². The van der Waals surface area contributed by atoms with Crippen molar-refractivity contribution in [2.45, 2.75) is 58.4 Å². The summed E-state index contributed by atoms with van der Waals surface area (Å²) in [4.78, 5) is 0. The fraction of sp³-hybridized carbons (Fsp3) is 1.00. The first-order chi connectivity index (χ1) is 6.35. The summed E-state index contributed by atoms with van der Waals surface area (Å²) in [5, 5.41) is 4.72. The largest absolute Gasteiger partial charge is 0.314 e. The summed E-state index contributed by atoms with van der Waals surface area (Å²) < 4.78 is 0. The minimum absolute atomic E-state index is 0.723. The molecule has 0 radical (unpaired) electrons. The molecule has 0 aliphatic heterocycles. The van der Waals surface area contributed by atoms with Gasteiger partial charge < -0.3 is 5.32 Å². The summed E-state index contributed by atoms with van der Waals surface area (Å²) >= 11 is 3.48. The molecule has 1 N–H and O–H groups in total. The van der Waals surface area contributed by atoms with Crippen LogP contribution >= 0.6 is 15.9 Å². The van der Waals surface area contributed by atoms with E-state index in [0.29, 0.717) is 0 Å². The standard InChI is InChI=1S/C11H24BrN/c1-3-5-6-7-10-13-11(4-2)8-9-12/h11,13H,3-10H2,1-2H3. The van der Waals surface area contributed by atoms with Gasteiger partial charge in [-0.1, -0.05) is 49.0 Å². The maximum absolute atomic E-state index is 3.60. The minimum Gasteiger partial charge on any atom is -0.314 e. The van der Waals surface area contributed by atoms with Gasteiger partial charge in [-0.15, -0.1) is 0 Å². The number of hydrogen-bond acceptors (Lipinski definition) is 1. The summed E-state index contributed by atoms with van der Waals surface area (Å²) in [5.74, 6) is 0. The molecule has 0 bridgehead atoms. The predicted octanol–water partition coefficient (Wildman–Crippen LogP) is 3.72. The van der Waals surface area contributed by atoms with Gasteiger partial charge in [-0.2, -0.15) is 0 Å². The fourth-order valence-electron chi connectivity index (χ4n) is 1.44. The van der Waals surface area contributed by atoms with Crippen molar-refractivity contribution < 1.29 is 0 Å². The highest BCUT2D eigenvalue weighted by Crippen LogP contribution is 2.02. The number of alkyl halides is 1. The van der Waals surface area contributed by atoms with Gasteiger partial charge >= 0.3 is 0 Å². The Morgan fingerprint density at radius 3 is 2.46 bits per heavy atom. The van der Waals surface area contributed by atoms with Crippen molar-refractivity contribution in [1.29, 1.82) is 0 Å². The van der Waals surface area contributed by atoms with E-state index in [1.165, 1.54) is 45.1 Å². The Kier molecular flexibility index (Phi) is 10.9. The first kappa shape index (κ1) is 13.4. The zero-order chi connectivity index (χ0) is 9.94. The lowest BCUT2D eigenvalue weighted by atomic mass is 10.1. The lowest BCUT2D eigenvalue weighted by Gasteiger charge is -2.15. The number of halogens is 1. The van der Waals surface area contributed by atoms with Gasteiger partial charge in [-0.05, 0) is 25.8 Å². The van der Waals surface area contributed by atoms with Crippen LogP contribution in [-0.2, 0) is 0 Å². The van der Waals surface area contributed by atoms with E-state index in [0.717, 1.165) is 11.4 Å². The van der Waals surface area contributed by atoms with Crippen molar-refractivity contribution in [1.82, 2.24) is 5.32 Å². The summed E-state index contributed by atoms with van der Waals surface area (Å²) in [6.07, 6.45) is 7.94. The molecule has 0 aromatic heterocycles. The van der Waals surface area contributed by atoms with E-state index in [1.807, 2.05) is 0 Å². The highest BCUT2D eigenvalue weighted by atomic mass is 79.9. The van der Waals surface area contributed by atoms with Crippen molar-refractivity contribution in [3.05, 3.63) is 0 Å². The SMILES string of the molecule is CCCCCCNC(CC)CCBr. The second-order valence-electron chi connectivity index (χ2n) is 3.60. The molecule has 1 unspecified atom stereocenters. The molecule has 0 rings (SSSR count). The summed E-state index contributed by atoms with van der Waals surface area (Å²) in [6.45, 7) is 5.71. The molecule has 0 amide bonds. The first-order valence-corrected chi connectivity index (χ1v) is 6.76. The monoisotopic (exact) mass is 249 g/mol. The molecule has 80 valence electrons. The van der Waals surface area contributed by atoms with Crippen molar-refractivity contribution in [2.75, 3.05) is 11.9 Å². The van der Waals surface area contributed by atoms with Crippen LogP contribution < -0.4 is 5.32 Å². The summed E-state index contributed by atoms with van der Waals surface area (Å²) in [6, 6.07) is 0.723. The average molecular weight is 250 g/mol. The van der Waals surface area contributed by atoms with Crippen LogP contribution in [0.15, 0.2) is 0 Å². The first-order valence-electron chi connectivity index (χ1n) is 5.64. The molecule has 0 aromatic carbocycles. The highest BCUT2D eigenvalue weighted by Gasteiger charge is 2.02. The third-order valence-electron chi connectivity index (χ3n) is 2.41. The lowest BCUT2D eigenvalue weighted by molar-refractivity contribution is 0.473. The molecular formula is C11H24BrN. The normalized spacial score (nSPS) is 13.2. The number of rotatable bonds is 9. The Labute approximate surface area is 91.8 Å². The Morgan fingerprint density at radius 1 is 1.15 bits per heavy atom. The quantitative estimate of drug-likeness (QED) is 0.485. The molecule has 13 heavy (non-hydrogen) atoms. The second kappa shape index (κ2) is 10.5. The van der Waals surface area contributed by atoms with Gasteiger partial charge in [0.2, 0.25) is 0 Å². The second-order valence-corrected chi connectivity index (χ2v) is 4.39. The molecule has 0 fully saturated rings. The number of unbranched alkanes of at least 4 members (excludes halogenated alkanes) is 3. The highest BCUT2D eigenvalue weighted by molar-refractivity contribution is 9.09. The lowest BCUT2D eigenvalue weighted by Crippen LogP contribution is -2.29. The van der Waals surface area contributed by atoms with Crippen molar-refractivity contribution >= 4 is 15.9 Å². The molecule has 0 spiro atoms. The van der Waals surface area contributed by atoms with Gasteiger partial charge in [-0.25, -0.2) is 0 Å². The maximum atomic E-state index is 3.60. The maximum Gasteiger partial charge on any atom is 0.00723 e. The molecule has 2 heteroatoms. The average Bonchev–Trinajstić information content (AvgIpc) is 2.16.